The summed E-state index contributed by atoms with van der Waals surface area (Å²) in [7, 11) is 0. The highest BCUT2D eigenvalue weighted by Crippen LogP contribution is 2.16. The van der Waals surface area contributed by atoms with Crippen LogP contribution in [0, 0.1) is 6.92 Å². The summed E-state index contributed by atoms with van der Waals surface area (Å²) in [6, 6.07) is 9.24. The molecule has 0 aliphatic carbocycles. The van der Waals surface area contributed by atoms with Crippen molar-refractivity contribution in [1.29, 1.82) is 0 Å². The number of aryl methyl sites for hydroxylation is 1. The van der Waals surface area contributed by atoms with Crippen molar-refractivity contribution in [2.24, 2.45) is 0 Å². The van der Waals surface area contributed by atoms with E-state index in [0.717, 1.165) is 16.6 Å². The highest BCUT2D eigenvalue weighted by atomic mass is 16.2. The summed E-state index contributed by atoms with van der Waals surface area (Å²) in [6.07, 6.45) is 0. The standard InChI is InChI=1S/C12H11N5O/c1-7-6-10(16-14-7)13-12(18)11-8-4-2-3-5-9(8)15-17-11/h2-6H,1H3,(H,15,17)(H2,13,14,16,18). The third kappa shape index (κ3) is 1.73. The number of nitrogens with zero attached hydrogens (tertiary/aromatic N) is 2. The fourth-order valence-corrected chi connectivity index (χ4v) is 1.79. The largest absolute Gasteiger partial charge is 0.304 e. The van der Waals surface area contributed by atoms with E-state index in [1.54, 1.807) is 6.07 Å². The van der Waals surface area contributed by atoms with Crippen LogP contribution in [0.3, 0.4) is 0 Å². The van der Waals surface area contributed by atoms with Crippen molar-refractivity contribution in [1.82, 2.24) is 20.4 Å². The van der Waals surface area contributed by atoms with Gasteiger partial charge in [-0.1, -0.05) is 18.2 Å². The maximum Gasteiger partial charge on any atom is 0.278 e. The zero-order chi connectivity index (χ0) is 12.5. The molecule has 3 aromatic rings. The maximum atomic E-state index is 12.1. The number of anilines is 1. The molecule has 3 N–H and O–H groups in total. The van der Waals surface area contributed by atoms with Crippen LogP contribution in [-0.2, 0) is 0 Å². The van der Waals surface area contributed by atoms with Gasteiger partial charge in [-0.15, -0.1) is 0 Å². The first-order valence-electron chi connectivity index (χ1n) is 5.50. The van der Waals surface area contributed by atoms with E-state index in [1.807, 2.05) is 31.2 Å². The Kier molecular flexibility index (Phi) is 2.33. The molecule has 1 aromatic carbocycles. The molecule has 0 radical (unpaired) electrons. The molecule has 0 spiro atoms. The van der Waals surface area contributed by atoms with Crippen LogP contribution in [0.25, 0.3) is 10.9 Å². The van der Waals surface area contributed by atoms with Crippen LogP contribution in [0.15, 0.2) is 30.3 Å². The van der Waals surface area contributed by atoms with E-state index in [4.69, 9.17) is 0 Å². The lowest BCUT2D eigenvalue weighted by Gasteiger charge is -1.98. The Hall–Kier alpha value is -2.63. The fraction of sp³-hybridized carbons (Fsp3) is 0.0833. The molecule has 3 rings (SSSR count). The molecule has 2 heterocycles. The summed E-state index contributed by atoms with van der Waals surface area (Å²) in [4.78, 5) is 12.1. The predicted octanol–water partition coefficient (Wildman–Crippen LogP) is 1.85. The van der Waals surface area contributed by atoms with Crippen molar-refractivity contribution in [3.05, 3.63) is 41.7 Å². The highest BCUT2D eigenvalue weighted by Gasteiger charge is 2.14. The lowest BCUT2D eigenvalue weighted by Crippen LogP contribution is -2.13. The quantitative estimate of drug-likeness (QED) is 0.639. The molecule has 1 amide bonds. The topological polar surface area (TPSA) is 86.5 Å². The first-order valence-corrected chi connectivity index (χ1v) is 5.50. The number of nitrogens with one attached hydrogen (secondary N) is 3. The number of para-hydroxylation sites is 1. The number of rotatable bonds is 2. The summed E-state index contributed by atoms with van der Waals surface area (Å²) in [5.41, 5.74) is 2.09. The van der Waals surface area contributed by atoms with Gasteiger partial charge in [0.2, 0.25) is 0 Å². The lowest BCUT2D eigenvalue weighted by atomic mass is 10.2. The first kappa shape index (κ1) is 10.5. The SMILES string of the molecule is Cc1cc(NC(=O)c2n[nH]c3ccccc23)n[nH]1. The average molecular weight is 241 g/mol. The molecule has 0 unspecified atom stereocenters. The number of aromatic nitrogens is 4. The minimum Gasteiger partial charge on any atom is -0.304 e. The Morgan fingerprint density at radius 3 is 2.83 bits per heavy atom. The van der Waals surface area contributed by atoms with Gasteiger partial charge in [0.15, 0.2) is 11.5 Å². The van der Waals surface area contributed by atoms with E-state index in [0.29, 0.717) is 11.5 Å². The van der Waals surface area contributed by atoms with Crippen LogP contribution in [0.1, 0.15) is 16.2 Å². The van der Waals surface area contributed by atoms with Crippen molar-refractivity contribution >= 4 is 22.6 Å². The van der Waals surface area contributed by atoms with Crippen molar-refractivity contribution in [3.63, 3.8) is 0 Å². The van der Waals surface area contributed by atoms with Crippen molar-refractivity contribution < 1.29 is 4.79 Å². The zero-order valence-electron chi connectivity index (χ0n) is 9.69. The van der Waals surface area contributed by atoms with Gasteiger partial charge in [0.25, 0.3) is 5.91 Å². The Morgan fingerprint density at radius 2 is 2.06 bits per heavy atom. The normalized spacial score (nSPS) is 10.7. The number of carbonyl (C=O) groups excluding carboxylic acids is 1. The van der Waals surface area contributed by atoms with E-state index in [-0.39, 0.29) is 5.91 Å². The van der Waals surface area contributed by atoms with Crippen LogP contribution in [-0.4, -0.2) is 26.3 Å². The fourth-order valence-electron chi connectivity index (χ4n) is 1.79. The smallest absolute Gasteiger partial charge is 0.278 e. The monoisotopic (exact) mass is 241 g/mol. The molecule has 6 nitrogen and oxygen atoms in total. The molecular weight excluding hydrogens is 230 g/mol. The Balaban J connectivity index is 1.92. The van der Waals surface area contributed by atoms with E-state index >= 15 is 0 Å². The molecule has 0 bridgehead atoms. The predicted molar refractivity (Wildman–Crippen MR) is 67.4 cm³/mol. The van der Waals surface area contributed by atoms with Crippen LogP contribution in [0.4, 0.5) is 5.82 Å². The van der Waals surface area contributed by atoms with Gasteiger partial charge in [-0.2, -0.15) is 10.2 Å². The third-order valence-electron chi connectivity index (χ3n) is 2.63. The Labute approximate surface area is 102 Å². The Morgan fingerprint density at radius 1 is 1.22 bits per heavy atom. The zero-order valence-corrected chi connectivity index (χ0v) is 9.69. The van der Waals surface area contributed by atoms with E-state index in [1.165, 1.54) is 0 Å². The van der Waals surface area contributed by atoms with Crippen LogP contribution in [0.2, 0.25) is 0 Å². The van der Waals surface area contributed by atoms with Crippen LogP contribution >= 0.6 is 0 Å². The Bertz CT molecular complexity index is 712. The first-order chi connectivity index (χ1) is 8.74. The number of hydrogen-bond donors (Lipinski definition) is 3. The molecule has 0 fully saturated rings. The number of carbonyl (C=O) groups is 1. The van der Waals surface area contributed by atoms with Gasteiger partial charge in [0, 0.05) is 17.1 Å². The summed E-state index contributed by atoms with van der Waals surface area (Å²) >= 11 is 0. The molecule has 0 aliphatic heterocycles. The van der Waals surface area contributed by atoms with Gasteiger partial charge in [-0.3, -0.25) is 15.0 Å². The number of amides is 1. The molecule has 2 aromatic heterocycles. The lowest BCUT2D eigenvalue weighted by molar-refractivity contribution is 0.102. The molecule has 6 heteroatoms. The van der Waals surface area contributed by atoms with E-state index in [9.17, 15) is 4.79 Å². The third-order valence-corrected chi connectivity index (χ3v) is 2.63. The number of fused-ring (bicyclic) bond motifs is 1. The summed E-state index contributed by atoms with van der Waals surface area (Å²) in [5, 5.41) is 17.0. The van der Waals surface area contributed by atoms with Crippen molar-refractivity contribution in [2.45, 2.75) is 6.92 Å². The minimum atomic E-state index is -0.279. The summed E-state index contributed by atoms with van der Waals surface area (Å²) < 4.78 is 0. The molecule has 90 valence electrons. The van der Waals surface area contributed by atoms with Gasteiger partial charge in [0.1, 0.15) is 0 Å². The van der Waals surface area contributed by atoms with Crippen molar-refractivity contribution in [3.8, 4) is 0 Å². The maximum absolute atomic E-state index is 12.1. The highest BCUT2D eigenvalue weighted by molar-refractivity contribution is 6.10. The van der Waals surface area contributed by atoms with Gasteiger partial charge < -0.3 is 5.32 Å². The number of benzene rings is 1. The number of hydrogen-bond acceptors (Lipinski definition) is 3. The van der Waals surface area contributed by atoms with Gasteiger partial charge >= 0.3 is 0 Å². The van der Waals surface area contributed by atoms with Gasteiger partial charge in [-0.05, 0) is 13.0 Å². The van der Waals surface area contributed by atoms with E-state index < -0.39 is 0 Å². The second-order valence-corrected chi connectivity index (χ2v) is 4.01. The second-order valence-electron chi connectivity index (χ2n) is 4.01. The molecule has 0 atom stereocenters. The molecule has 0 saturated heterocycles. The van der Waals surface area contributed by atoms with Crippen molar-refractivity contribution in [2.75, 3.05) is 5.32 Å². The second kappa shape index (κ2) is 3.99. The molecule has 0 saturated carbocycles. The number of aromatic amines is 2. The van der Waals surface area contributed by atoms with Crippen LogP contribution in [0.5, 0.6) is 0 Å². The minimum absolute atomic E-state index is 0.279. The van der Waals surface area contributed by atoms with E-state index in [2.05, 4.69) is 25.7 Å². The average Bonchev–Trinajstić information content (AvgIpc) is 2.95. The summed E-state index contributed by atoms with van der Waals surface area (Å²) in [5.74, 6) is 0.212. The summed E-state index contributed by atoms with van der Waals surface area (Å²) in [6.45, 7) is 1.87. The molecular formula is C12H11N5O. The molecule has 18 heavy (non-hydrogen) atoms. The number of H-pyrrole nitrogens is 2. The van der Waals surface area contributed by atoms with Gasteiger partial charge in [0.05, 0.1) is 5.52 Å². The van der Waals surface area contributed by atoms with Gasteiger partial charge in [-0.25, -0.2) is 0 Å². The molecule has 0 aliphatic rings. The van der Waals surface area contributed by atoms with Crippen LogP contribution < -0.4 is 5.32 Å².